The predicted octanol–water partition coefficient (Wildman–Crippen LogP) is 2.55. The summed E-state index contributed by atoms with van der Waals surface area (Å²) < 4.78 is 5.21. The number of carbonyl (C=O) groups is 9. The highest BCUT2D eigenvalue weighted by molar-refractivity contribution is 5.98. The van der Waals surface area contributed by atoms with Gasteiger partial charge in [0.15, 0.2) is 5.78 Å². The van der Waals surface area contributed by atoms with Crippen LogP contribution in [0.25, 0.3) is 0 Å². The van der Waals surface area contributed by atoms with Crippen LogP contribution in [0.1, 0.15) is 124 Å². The highest BCUT2D eigenvalue weighted by Crippen LogP contribution is 2.27. The van der Waals surface area contributed by atoms with Crippen LogP contribution in [-0.4, -0.2) is 107 Å². The van der Waals surface area contributed by atoms with E-state index >= 15 is 0 Å². The van der Waals surface area contributed by atoms with Gasteiger partial charge in [0.05, 0.1) is 19.6 Å². The Bertz CT molecular complexity index is 1680. The summed E-state index contributed by atoms with van der Waals surface area (Å²) in [5.74, 6) is -7.58. The van der Waals surface area contributed by atoms with Crippen molar-refractivity contribution in [1.29, 1.82) is 0 Å². The molecule has 18 heteroatoms. The lowest BCUT2D eigenvalue weighted by molar-refractivity contribution is -0.141. The number of carboxylic acid groups (broad SMARTS) is 2. The van der Waals surface area contributed by atoms with E-state index in [4.69, 9.17) is 4.74 Å². The number of ether oxygens (including phenoxy) is 1. The number of carboxylic acids is 2. The molecule has 1 aliphatic carbocycles. The fourth-order valence-corrected chi connectivity index (χ4v) is 7.38. The standard InChI is InChI=1S/C44H68N6O12/c1-8-26(5)38(49-42(59)33(23-25(3)4)48-40(57)32(20-22-36(53)54)47-41(58)34(24-37(55)56)45-27(6)51)43(60)50-39(29-13-11-10-12-14-29)44(61)46-31(9-2)35(52)21-17-28-15-18-30(62-7)19-16-28/h15-16,18-19,25-26,29,31-34,38-39H,8-14,17,20-24H2,1-7H3,(H,45,51)(H,46,61)(H,47,58)(H,48,57)(H,49,59)(H,50,60)(H,53,54)(H,55,56)/t26-,31-,32+,33-,34-,38-,39-/m0/s1. The van der Waals surface area contributed by atoms with Crippen LogP contribution in [0.5, 0.6) is 5.75 Å². The van der Waals surface area contributed by atoms with Crippen molar-refractivity contribution in [2.24, 2.45) is 17.8 Å². The fourth-order valence-electron chi connectivity index (χ4n) is 7.38. The van der Waals surface area contributed by atoms with E-state index in [9.17, 15) is 53.4 Å². The van der Waals surface area contributed by atoms with Crippen LogP contribution in [0.4, 0.5) is 0 Å². The Morgan fingerprint density at radius 1 is 0.661 bits per heavy atom. The van der Waals surface area contributed by atoms with E-state index in [0.29, 0.717) is 37.9 Å². The van der Waals surface area contributed by atoms with Crippen molar-refractivity contribution < 1.29 is 58.1 Å². The topological polar surface area (TPSA) is 276 Å². The van der Waals surface area contributed by atoms with Gasteiger partial charge in [-0.3, -0.25) is 43.2 Å². The summed E-state index contributed by atoms with van der Waals surface area (Å²) in [6, 6.07) is 0.0399. The minimum Gasteiger partial charge on any atom is -0.497 e. The normalized spacial score (nSPS) is 16.2. The highest BCUT2D eigenvalue weighted by Gasteiger charge is 2.38. The van der Waals surface area contributed by atoms with E-state index in [1.807, 2.05) is 31.2 Å². The molecule has 18 nitrogen and oxygen atoms in total. The van der Waals surface area contributed by atoms with Gasteiger partial charge in [-0.2, -0.15) is 0 Å². The lowest BCUT2D eigenvalue weighted by Gasteiger charge is -2.33. The Labute approximate surface area is 364 Å². The van der Waals surface area contributed by atoms with Crippen molar-refractivity contribution in [3.8, 4) is 5.75 Å². The number of hydrogen-bond acceptors (Lipinski definition) is 10. The minimum atomic E-state index is -1.58. The number of aryl methyl sites for hydroxylation is 1. The first kappa shape index (κ1) is 52.6. The molecular formula is C44H68N6O12. The molecule has 0 heterocycles. The number of rotatable bonds is 27. The number of aliphatic carboxylic acids is 2. The molecule has 0 saturated heterocycles. The molecule has 1 fully saturated rings. The number of hydrogen-bond donors (Lipinski definition) is 8. The Balaban J connectivity index is 2.32. The zero-order valence-electron chi connectivity index (χ0n) is 37.2. The molecule has 1 aliphatic rings. The second kappa shape index (κ2) is 26.7. The average molecular weight is 873 g/mol. The van der Waals surface area contributed by atoms with Crippen molar-refractivity contribution in [2.45, 2.75) is 161 Å². The second-order valence-corrected chi connectivity index (χ2v) is 16.6. The van der Waals surface area contributed by atoms with Gasteiger partial charge in [0.2, 0.25) is 35.4 Å². The summed E-state index contributed by atoms with van der Waals surface area (Å²) in [7, 11) is 1.57. The lowest BCUT2D eigenvalue weighted by atomic mass is 9.83. The molecule has 62 heavy (non-hydrogen) atoms. The molecule has 2 rings (SSSR count). The summed E-state index contributed by atoms with van der Waals surface area (Å²) in [6.07, 6.45) is 3.71. The Kier molecular flexibility index (Phi) is 22.7. The maximum Gasteiger partial charge on any atom is 0.305 e. The van der Waals surface area contributed by atoms with E-state index < -0.39 is 109 Å². The molecule has 1 aromatic rings. The van der Waals surface area contributed by atoms with Crippen LogP contribution in [0.2, 0.25) is 0 Å². The molecule has 0 unspecified atom stereocenters. The van der Waals surface area contributed by atoms with Crippen LogP contribution in [-0.2, 0) is 49.6 Å². The van der Waals surface area contributed by atoms with Crippen molar-refractivity contribution >= 4 is 53.2 Å². The third kappa shape index (κ3) is 18.2. The molecule has 8 N–H and O–H groups in total. The van der Waals surface area contributed by atoms with Crippen LogP contribution in [0.3, 0.4) is 0 Å². The van der Waals surface area contributed by atoms with Gasteiger partial charge in [0, 0.05) is 19.8 Å². The molecule has 0 spiro atoms. The first-order valence-electron chi connectivity index (χ1n) is 21.7. The number of Topliss-reactive ketones (excluding diaryl/α,β-unsaturated/α-hetero) is 1. The summed E-state index contributed by atoms with van der Waals surface area (Å²) in [5.41, 5.74) is 0.940. The summed E-state index contributed by atoms with van der Waals surface area (Å²) >= 11 is 0. The van der Waals surface area contributed by atoms with Crippen molar-refractivity contribution in [3.05, 3.63) is 29.8 Å². The van der Waals surface area contributed by atoms with E-state index in [-0.39, 0.29) is 30.5 Å². The summed E-state index contributed by atoms with van der Waals surface area (Å²) in [5, 5.41) is 34.3. The van der Waals surface area contributed by atoms with Gasteiger partial charge in [-0.05, 0) is 74.0 Å². The van der Waals surface area contributed by atoms with Crippen molar-refractivity contribution in [2.75, 3.05) is 7.11 Å². The summed E-state index contributed by atoms with van der Waals surface area (Å²) in [4.78, 5) is 117. The van der Waals surface area contributed by atoms with Gasteiger partial charge < -0.3 is 46.9 Å². The molecule has 0 aromatic heterocycles. The first-order chi connectivity index (χ1) is 29.3. The molecule has 7 atom stereocenters. The number of carbonyl (C=O) groups excluding carboxylic acids is 7. The van der Waals surface area contributed by atoms with Gasteiger partial charge in [-0.15, -0.1) is 0 Å². The fraction of sp³-hybridized carbons (Fsp3) is 0.659. The Morgan fingerprint density at radius 3 is 1.77 bits per heavy atom. The molecular weight excluding hydrogens is 805 g/mol. The lowest BCUT2D eigenvalue weighted by Crippen LogP contribution is -2.61. The smallest absolute Gasteiger partial charge is 0.305 e. The number of amides is 6. The molecule has 0 aliphatic heterocycles. The van der Waals surface area contributed by atoms with Crippen LogP contribution in [0.15, 0.2) is 24.3 Å². The quantitative estimate of drug-likeness (QED) is 0.0634. The van der Waals surface area contributed by atoms with Gasteiger partial charge >= 0.3 is 11.9 Å². The van der Waals surface area contributed by atoms with Gasteiger partial charge in [-0.1, -0.05) is 72.4 Å². The maximum atomic E-state index is 14.2. The van der Waals surface area contributed by atoms with Crippen LogP contribution < -0.4 is 36.6 Å². The van der Waals surface area contributed by atoms with E-state index in [2.05, 4.69) is 31.9 Å². The van der Waals surface area contributed by atoms with Gasteiger partial charge in [-0.25, -0.2) is 0 Å². The number of nitrogens with one attached hydrogen (secondary N) is 6. The van der Waals surface area contributed by atoms with Crippen LogP contribution >= 0.6 is 0 Å². The SMILES string of the molecule is CC[C@H](NC(=O)[C@@H](NC(=O)[C@@H](NC(=O)[C@H](CC(C)C)NC(=O)[C@@H](CCC(=O)O)NC(=O)[C@H](CC(=O)O)NC(C)=O)[C@@H](C)CC)C1CCCCC1)C(=O)CCc1ccc(OC)cc1. The van der Waals surface area contributed by atoms with E-state index in [0.717, 1.165) is 31.7 Å². The van der Waals surface area contributed by atoms with Crippen molar-refractivity contribution in [1.82, 2.24) is 31.9 Å². The highest BCUT2D eigenvalue weighted by atomic mass is 16.5. The minimum absolute atomic E-state index is 0.0670. The largest absolute Gasteiger partial charge is 0.497 e. The summed E-state index contributed by atoms with van der Waals surface area (Å²) in [6.45, 7) is 10.0. The number of benzene rings is 1. The molecule has 346 valence electrons. The van der Waals surface area contributed by atoms with Crippen molar-refractivity contribution in [3.63, 3.8) is 0 Å². The zero-order valence-corrected chi connectivity index (χ0v) is 37.2. The maximum absolute atomic E-state index is 14.2. The number of ketones is 1. The molecule has 0 bridgehead atoms. The molecule has 1 saturated carbocycles. The third-order valence-corrected chi connectivity index (χ3v) is 11.1. The van der Waals surface area contributed by atoms with E-state index in [1.165, 1.54) is 0 Å². The Hall–Kier alpha value is -5.55. The van der Waals surface area contributed by atoms with Gasteiger partial charge in [0.1, 0.15) is 36.0 Å². The zero-order chi connectivity index (χ0) is 46.5. The molecule has 6 amide bonds. The average Bonchev–Trinajstić information content (AvgIpc) is 3.23. The molecule has 0 radical (unpaired) electrons. The second-order valence-electron chi connectivity index (χ2n) is 16.6. The van der Waals surface area contributed by atoms with E-state index in [1.54, 1.807) is 34.8 Å². The third-order valence-electron chi connectivity index (χ3n) is 11.1. The monoisotopic (exact) mass is 872 g/mol. The van der Waals surface area contributed by atoms with Crippen LogP contribution in [0, 0.1) is 17.8 Å². The number of methoxy groups -OCH3 is 1. The van der Waals surface area contributed by atoms with Gasteiger partial charge in [0.25, 0.3) is 0 Å². The Morgan fingerprint density at radius 2 is 1.24 bits per heavy atom. The predicted molar refractivity (Wildman–Crippen MR) is 228 cm³/mol. The molecule has 1 aromatic carbocycles. The first-order valence-corrected chi connectivity index (χ1v) is 21.7.